The van der Waals surface area contributed by atoms with E-state index in [0.717, 1.165) is 5.40 Å². The molecule has 13 heavy (non-hydrogen) atoms. The molecule has 0 amide bonds. The third kappa shape index (κ3) is 4.75. The van der Waals surface area contributed by atoms with Crippen LogP contribution in [0.25, 0.3) is 0 Å². The molecule has 2 unspecified atom stereocenters. The zero-order chi connectivity index (χ0) is 9.52. The van der Waals surface area contributed by atoms with E-state index in [1.165, 1.54) is 46.8 Å². The summed E-state index contributed by atoms with van der Waals surface area (Å²) in [4.78, 5) is 0. The summed E-state index contributed by atoms with van der Waals surface area (Å²) in [7, 11) is 1.76. The summed E-state index contributed by atoms with van der Waals surface area (Å²) >= 11 is 0. The molecule has 2 heteroatoms. The fourth-order valence-electron chi connectivity index (χ4n) is 1.94. The zero-order valence-electron chi connectivity index (χ0n) is 9.18. The first kappa shape index (κ1) is 11.9. The Morgan fingerprint density at radius 3 is 2.54 bits per heavy atom. The van der Waals surface area contributed by atoms with Crippen molar-refractivity contribution in [1.82, 2.24) is 0 Å². The van der Waals surface area contributed by atoms with Gasteiger partial charge in [0, 0.05) is 0 Å². The Morgan fingerprint density at radius 1 is 1.23 bits per heavy atom. The van der Waals surface area contributed by atoms with Gasteiger partial charge in [-0.2, -0.15) is 0 Å². The molecular formula is C11H24P2. The Bertz CT molecular complexity index is 119. The van der Waals surface area contributed by atoms with E-state index in [2.05, 4.69) is 13.8 Å². The quantitative estimate of drug-likeness (QED) is 0.455. The highest BCUT2D eigenvalue weighted by Gasteiger charge is 2.19. The Morgan fingerprint density at radius 2 is 1.92 bits per heavy atom. The summed E-state index contributed by atoms with van der Waals surface area (Å²) in [5, 5.41) is 1.11. The standard InChI is InChI=1S/C11H24P2/c1-3-4-5-8-12-11(2)13-9-6-7-10-13/h11-12H,3-10H2,1-2H3. The molecule has 0 aromatic heterocycles. The molecule has 0 aromatic carbocycles. The van der Waals surface area contributed by atoms with Crippen LogP contribution in [0.5, 0.6) is 0 Å². The maximum Gasteiger partial charge on any atom is -0.00619 e. The average Bonchev–Trinajstić information content (AvgIpc) is 2.65. The van der Waals surface area contributed by atoms with E-state index in [9.17, 15) is 0 Å². The van der Waals surface area contributed by atoms with Crippen molar-refractivity contribution in [3.05, 3.63) is 0 Å². The summed E-state index contributed by atoms with van der Waals surface area (Å²) < 4.78 is 0. The molecule has 78 valence electrons. The molecule has 1 heterocycles. The van der Waals surface area contributed by atoms with Gasteiger partial charge >= 0.3 is 0 Å². The Kier molecular flexibility index (Phi) is 6.60. The Balaban J connectivity index is 1.99. The van der Waals surface area contributed by atoms with E-state index < -0.39 is 0 Å². The van der Waals surface area contributed by atoms with E-state index in [0.29, 0.717) is 7.92 Å². The summed E-state index contributed by atoms with van der Waals surface area (Å²) in [6.45, 7) is 4.81. The summed E-state index contributed by atoms with van der Waals surface area (Å²) in [6.07, 6.45) is 12.1. The van der Waals surface area contributed by atoms with Crippen LogP contribution < -0.4 is 0 Å². The van der Waals surface area contributed by atoms with Crippen molar-refractivity contribution in [1.29, 1.82) is 0 Å². The van der Waals surface area contributed by atoms with Gasteiger partial charge in [-0.05, 0) is 43.1 Å². The van der Waals surface area contributed by atoms with Gasteiger partial charge in [-0.3, -0.25) is 0 Å². The van der Waals surface area contributed by atoms with Crippen molar-refractivity contribution >= 4 is 16.5 Å². The van der Waals surface area contributed by atoms with Crippen LogP contribution in [0.1, 0.15) is 46.0 Å². The van der Waals surface area contributed by atoms with Gasteiger partial charge in [-0.25, -0.2) is 0 Å². The van der Waals surface area contributed by atoms with Crippen LogP contribution in [0.4, 0.5) is 0 Å². The number of hydrogen-bond donors (Lipinski definition) is 0. The Hall–Kier alpha value is 0.860. The lowest BCUT2D eigenvalue weighted by molar-refractivity contribution is 0.777. The number of rotatable bonds is 6. The van der Waals surface area contributed by atoms with Gasteiger partial charge in [0.2, 0.25) is 0 Å². The molecule has 0 N–H and O–H groups in total. The lowest BCUT2D eigenvalue weighted by Crippen LogP contribution is -1.94. The van der Waals surface area contributed by atoms with Crippen LogP contribution >= 0.6 is 16.5 Å². The predicted octanol–water partition coefficient (Wildman–Crippen LogP) is 4.48. The first-order valence-corrected chi connectivity index (χ1v) is 8.88. The Labute approximate surface area is 86.8 Å². The molecular weight excluding hydrogens is 194 g/mol. The first-order chi connectivity index (χ1) is 6.34. The third-order valence-electron chi connectivity index (χ3n) is 2.91. The lowest BCUT2D eigenvalue weighted by Gasteiger charge is -2.19. The van der Waals surface area contributed by atoms with Crippen LogP contribution in [0.3, 0.4) is 0 Å². The topological polar surface area (TPSA) is 0 Å². The highest BCUT2D eigenvalue weighted by Crippen LogP contribution is 2.53. The molecule has 0 radical (unpaired) electrons. The molecule has 1 saturated heterocycles. The molecule has 1 aliphatic heterocycles. The van der Waals surface area contributed by atoms with Crippen molar-refractivity contribution < 1.29 is 0 Å². The van der Waals surface area contributed by atoms with Gasteiger partial charge < -0.3 is 0 Å². The summed E-state index contributed by atoms with van der Waals surface area (Å²) in [5.41, 5.74) is 0. The van der Waals surface area contributed by atoms with Crippen LogP contribution in [0.15, 0.2) is 0 Å². The maximum absolute atomic E-state index is 2.52. The average molecular weight is 218 g/mol. The van der Waals surface area contributed by atoms with Crippen molar-refractivity contribution in [2.24, 2.45) is 0 Å². The molecule has 0 aliphatic carbocycles. The van der Waals surface area contributed by atoms with Crippen molar-refractivity contribution in [2.45, 2.75) is 51.4 Å². The molecule has 2 atom stereocenters. The van der Waals surface area contributed by atoms with Gasteiger partial charge in [0.05, 0.1) is 0 Å². The van der Waals surface area contributed by atoms with E-state index in [4.69, 9.17) is 0 Å². The molecule has 1 aliphatic rings. The highest BCUT2D eigenvalue weighted by atomic mass is 31.2. The smallest absolute Gasteiger partial charge is 0.00619 e. The number of hydrogen-bond acceptors (Lipinski definition) is 0. The fraction of sp³-hybridized carbons (Fsp3) is 1.00. The van der Waals surface area contributed by atoms with E-state index in [-0.39, 0.29) is 0 Å². The molecule has 1 fully saturated rings. The molecule has 0 saturated carbocycles. The van der Waals surface area contributed by atoms with Crippen LogP contribution in [-0.4, -0.2) is 23.9 Å². The second-order valence-corrected chi connectivity index (χ2v) is 9.19. The summed E-state index contributed by atoms with van der Waals surface area (Å²) in [6, 6.07) is 0. The van der Waals surface area contributed by atoms with Gasteiger partial charge in [0.1, 0.15) is 0 Å². The fourth-order valence-corrected chi connectivity index (χ4v) is 7.27. The minimum Gasteiger partial charge on any atom is -0.115 e. The van der Waals surface area contributed by atoms with E-state index >= 15 is 0 Å². The first-order valence-electron chi connectivity index (χ1n) is 5.82. The molecule has 1 rings (SSSR count). The second kappa shape index (κ2) is 7.19. The minimum absolute atomic E-state index is 0.485. The van der Waals surface area contributed by atoms with Gasteiger partial charge in [-0.15, -0.1) is 8.58 Å². The zero-order valence-corrected chi connectivity index (χ0v) is 11.1. The monoisotopic (exact) mass is 218 g/mol. The maximum atomic E-state index is 2.52. The van der Waals surface area contributed by atoms with Crippen LogP contribution in [0, 0.1) is 0 Å². The predicted molar refractivity (Wildman–Crippen MR) is 68.1 cm³/mol. The van der Waals surface area contributed by atoms with Gasteiger partial charge in [-0.1, -0.05) is 34.6 Å². The molecule has 0 nitrogen and oxygen atoms in total. The number of unbranched alkanes of at least 4 members (excludes halogenated alkanes) is 2. The van der Waals surface area contributed by atoms with E-state index in [1.54, 1.807) is 12.3 Å². The lowest BCUT2D eigenvalue weighted by atomic mass is 10.3. The SMILES string of the molecule is CCCCCPC(C)P1CCCC1. The normalized spacial score (nSPS) is 21.7. The largest absolute Gasteiger partial charge is 0.115 e. The van der Waals surface area contributed by atoms with Crippen LogP contribution in [0.2, 0.25) is 0 Å². The molecule has 0 aromatic rings. The molecule has 0 bridgehead atoms. The van der Waals surface area contributed by atoms with Gasteiger partial charge in [0.15, 0.2) is 0 Å². The highest BCUT2D eigenvalue weighted by molar-refractivity contribution is 7.69. The second-order valence-electron chi connectivity index (χ2n) is 4.08. The van der Waals surface area contributed by atoms with Crippen LogP contribution in [-0.2, 0) is 0 Å². The van der Waals surface area contributed by atoms with Crippen molar-refractivity contribution in [3.8, 4) is 0 Å². The van der Waals surface area contributed by atoms with Gasteiger partial charge in [0.25, 0.3) is 0 Å². The third-order valence-corrected chi connectivity index (χ3v) is 8.66. The summed E-state index contributed by atoms with van der Waals surface area (Å²) in [5.74, 6) is 0. The van der Waals surface area contributed by atoms with Crippen molar-refractivity contribution in [2.75, 3.05) is 18.5 Å². The minimum atomic E-state index is 0.485. The molecule has 0 spiro atoms. The van der Waals surface area contributed by atoms with Crippen molar-refractivity contribution in [3.63, 3.8) is 0 Å². The van der Waals surface area contributed by atoms with E-state index in [1.807, 2.05) is 0 Å².